The van der Waals surface area contributed by atoms with Gasteiger partial charge in [-0.1, -0.05) is 6.08 Å². The molecule has 1 aromatic rings. The van der Waals surface area contributed by atoms with Crippen LogP contribution in [0.15, 0.2) is 12.3 Å². The Hall–Kier alpha value is -1.29. The van der Waals surface area contributed by atoms with Crippen molar-refractivity contribution >= 4 is 5.57 Å². The number of aryl methyl sites for hydroxylation is 1. The Kier molecular flexibility index (Phi) is 2.29. The number of allylic oxidation sites excluding steroid dienone is 1. The minimum Gasteiger partial charge on any atom is -0.493 e. The largest absolute Gasteiger partial charge is 0.493 e. The fourth-order valence-corrected chi connectivity index (χ4v) is 1.83. The third-order valence-corrected chi connectivity index (χ3v) is 2.53. The van der Waals surface area contributed by atoms with Gasteiger partial charge in [-0.25, -0.2) is 0 Å². The van der Waals surface area contributed by atoms with E-state index in [0.717, 1.165) is 29.9 Å². The molecule has 1 atom stereocenters. The van der Waals surface area contributed by atoms with E-state index in [1.54, 1.807) is 18.0 Å². The average molecular weight is 194 g/mol. The summed E-state index contributed by atoms with van der Waals surface area (Å²) in [4.78, 5) is 0. The van der Waals surface area contributed by atoms with Crippen molar-refractivity contribution in [1.82, 2.24) is 9.78 Å². The van der Waals surface area contributed by atoms with E-state index in [9.17, 15) is 5.11 Å². The molecule has 1 aromatic heterocycles. The molecule has 0 saturated carbocycles. The fourth-order valence-electron chi connectivity index (χ4n) is 1.83. The van der Waals surface area contributed by atoms with Crippen LogP contribution in [-0.2, 0) is 7.05 Å². The molecule has 1 N–H and O–H groups in total. The van der Waals surface area contributed by atoms with Crippen molar-refractivity contribution in [3.8, 4) is 5.75 Å². The second-order valence-electron chi connectivity index (χ2n) is 3.48. The van der Waals surface area contributed by atoms with Gasteiger partial charge in [-0.05, 0) is 18.4 Å². The maximum absolute atomic E-state index is 9.41. The highest BCUT2D eigenvalue weighted by Gasteiger charge is 2.20. The van der Waals surface area contributed by atoms with Crippen LogP contribution < -0.4 is 4.74 Å². The van der Waals surface area contributed by atoms with Gasteiger partial charge < -0.3 is 9.84 Å². The molecule has 0 aliphatic heterocycles. The Morgan fingerprint density at radius 2 is 2.43 bits per heavy atom. The lowest BCUT2D eigenvalue weighted by atomic mass is 10.1. The summed E-state index contributed by atoms with van der Waals surface area (Å²) < 4.78 is 6.99. The summed E-state index contributed by atoms with van der Waals surface area (Å²) in [7, 11) is 3.51. The van der Waals surface area contributed by atoms with Crippen molar-refractivity contribution in [3.63, 3.8) is 0 Å². The van der Waals surface area contributed by atoms with Gasteiger partial charge in [-0.3, -0.25) is 4.68 Å². The first-order valence-corrected chi connectivity index (χ1v) is 4.67. The highest BCUT2D eigenvalue weighted by atomic mass is 16.5. The van der Waals surface area contributed by atoms with E-state index in [1.165, 1.54) is 0 Å². The number of hydrogen-bond donors (Lipinski definition) is 1. The summed E-state index contributed by atoms with van der Waals surface area (Å²) in [6, 6.07) is 0. The molecule has 0 amide bonds. The van der Waals surface area contributed by atoms with Crippen molar-refractivity contribution in [2.24, 2.45) is 7.05 Å². The molecule has 0 spiro atoms. The summed E-state index contributed by atoms with van der Waals surface area (Å²) in [6.45, 7) is 0. The number of rotatable bonds is 2. The molecule has 0 bridgehead atoms. The lowest BCUT2D eigenvalue weighted by Gasteiger charge is -2.05. The number of methoxy groups -OCH3 is 1. The minimum atomic E-state index is -0.315. The summed E-state index contributed by atoms with van der Waals surface area (Å²) in [5, 5.41) is 13.5. The van der Waals surface area contributed by atoms with E-state index >= 15 is 0 Å². The number of hydrogen-bond acceptors (Lipinski definition) is 3. The van der Waals surface area contributed by atoms with E-state index in [0.29, 0.717) is 0 Å². The maximum atomic E-state index is 9.41. The number of ether oxygens (including phenoxy) is 1. The smallest absolute Gasteiger partial charge is 0.164 e. The lowest BCUT2D eigenvalue weighted by Crippen LogP contribution is -1.98. The van der Waals surface area contributed by atoms with E-state index in [2.05, 4.69) is 5.10 Å². The topological polar surface area (TPSA) is 47.3 Å². The minimum absolute atomic E-state index is 0.315. The van der Waals surface area contributed by atoms with Gasteiger partial charge in [0.25, 0.3) is 0 Å². The van der Waals surface area contributed by atoms with Gasteiger partial charge >= 0.3 is 0 Å². The van der Waals surface area contributed by atoms with Gasteiger partial charge in [-0.2, -0.15) is 5.10 Å². The molecule has 1 heterocycles. The molecule has 14 heavy (non-hydrogen) atoms. The van der Waals surface area contributed by atoms with Crippen molar-refractivity contribution in [2.45, 2.75) is 18.9 Å². The zero-order valence-corrected chi connectivity index (χ0v) is 8.40. The Balaban J connectivity index is 2.40. The lowest BCUT2D eigenvalue weighted by molar-refractivity contribution is 0.223. The van der Waals surface area contributed by atoms with Gasteiger partial charge in [0.2, 0.25) is 0 Å². The van der Waals surface area contributed by atoms with Crippen LogP contribution >= 0.6 is 0 Å². The Bertz CT molecular complexity index is 368. The van der Waals surface area contributed by atoms with Crippen molar-refractivity contribution in [2.75, 3.05) is 7.11 Å². The molecular weight excluding hydrogens is 180 g/mol. The van der Waals surface area contributed by atoms with Crippen molar-refractivity contribution < 1.29 is 9.84 Å². The first-order chi connectivity index (χ1) is 6.72. The van der Waals surface area contributed by atoms with Crippen molar-refractivity contribution in [1.29, 1.82) is 0 Å². The predicted molar refractivity (Wildman–Crippen MR) is 53.0 cm³/mol. The van der Waals surface area contributed by atoms with Crippen LogP contribution in [0.3, 0.4) is 0 Å². The summed E-state index contributed by atoms with van der Waals surface area (Å²) in [5.41, 5.74) is 2.10. The molecular formula is C10H14N2O2. The van der Waals surface area contributed by atoms with E-state index in [4.69, 9.17) is 4.74 Å². The maximum Gasteiger partial charge on any atom is 0.164 e. The molecule has 1 aliphatic rings. The van der Waals surface area contributed by atoms with Crippen LogP contribution in [0.25, 0.3) is 5.57 Å². The molecule has 0 saturated heterocycles. The monoisotopic (exact) mass is 194 g/mol. The molecule has 1 unspecified atom stereocenters. The van der Waals surface area contributed by atoms with Gasteiger partial charge in [0, 0.05) is 7.05 Å². The zero-order chi connectivity index (χ0) is 10.1. The van der Waals surface area contributed by atoms with E-state index < -0.39 is 0 Å². The number of nitrogens with zero attached hydrogens (tertiary/aromatic N) is 2. The third-order valence-electron chi connectivity index (χ3n) is 2.53. The van der Waals surface area contributed by atoms with Crippen LogP contribution in [0, 0.1) is 0 Å². The highest BCUT2D eigenvalue weighted by Crippen LogP contribution is 2.33. The predicted octanol–water partition coefficient (Wildman–Crippen LogP) is 0.967. The first kappa shape index (κ1) is 9.27. The van der Waals surface area contributed by atoms with Gasteiger partial charge in [0.15, 0.2) is 5.75 Å². The number of aromatic nitrogens is 2. The van der Waals surface area contributed by atoms with Gasteiger partial charge in [0.05, 0.1) is 19.4 Å². The van der Waals surface area contributed by atoms with Gasteiger partial charge in [0.1, 0.15) is 5.69 Å². The molecule has 0 radical (unpaired) electrons. The quantitative estimate of drug-likeness (QED) is 0.763. The number of aliphatic hydroxyl groups is 1. The first-order valence-electron chi connectivity index (χ1n) is 4.67. The van der Waals surface area contributed by atoms with Crippen molar-refractivity contribution in [3.05, 3.63) is 18.0 Å². The van der Waals surface area contributed by atoms with Crippen LogP contribution in [0.4, 0.5) is 0 Å². The molecule has 1 aliphatic carbocycles. The summed E-state index contributed by atoms with van der Waals surface area (Å²) in [5.74, 6) is 0.771. The molecule has 0 fully saturated rings. The van der Waals surface area contributed by atoms with Crippen LogP contribution in [0.1, 0.15) is 18.5 Å². The van der Waals surface area contributed by atoms with Crippen LogP contribution in [-0.4, -0.2) is 28.1 Å². The Labute approximate surface area is 82.8 Å². The van der Waals surface area contributed by atoms with E-state index in [1.807, 2.05) is 13.1 Å². The molecule has 4 heteroatoms. The zero-order valence-electron chi connectivity index (χ0n) is 8.40. The Morgan fingerprint density at radius 1 is 1.64 bits per heavy atom. The standard InChI is InChI=1S/C10H14N2O2/c1-12-10(9(14-2)6-11-12)7-3-4-8(13)5-7/h5-6,8,13H,3-4H2,1-2H3. The molecule has 0 aromatic carbocycles. The van der Waals surface area contributed by atoms with Gasteiger partial charge in [-0.15, -0.1) is 0 Å². The average Bonchev–Trinajstić information content (AvgIpc) is 2.71. The number of aliphatic hydroxyl groups excluding tert-OH is 1. The third kappa shape index (κ3) is 1.42. The molecule has 4 nitrogen and oxygen atoms in total. The van der Waals surface area contributed by atoms with Crippen LogP contribution in [0.2, 0.25) is 0 Å². The normalized spacial score (nSPS) is 21.1. The highest BCUT2D eigenvalue weighted by molar-refractivity contribution is 5.69. The second-order valence-corrected chi connectivity index (χ2v) is 3.48. The fraction of sp³-hybridized carbons (Fsp3) is 0.500. The Morgan fingerprint density at radius 3 is 3.00 bits per heavy atom. The second kappa shape index (κ2) is 3.46. The molecule has 2 rings (SSSR count). The summed E-state index contributed by atoms with van der Waals surface area (Å²) in [6.07, 6.45) is 4.94. The summed E-state index contributed by atoms with van der Waals surface area (Å²) >= 11 is 0. The van der Waals surface area contributed by atoms with Crippen LogP contribution in [0.5, 0.6) is 5.75 Å². The van der Waals surface area contributed by atoms with E-state index in [-0.39, 0.29) is 6.10 Å². The SMILES string of the molecule is COc1cnn(C)c1C1=CC(O)CC1. The molecule has 76 valence electrons.